The zero-order valence-electron chi connectivity index (χ0n) is 32.5. The number of anilines is 1. The second-order valence-corrected chi connectivity index (χ2v) is 16.5. The van der Waals surface area contributed by atoms with Crippen molar-refractivity contribution in [1.29, 1.82) is 5.26 Å². The van der Waals surface area contributed by atoms with Crippen molar-refractivity contribution in [3.63, 3.8) is 0 Å². The lowest BCUT2D eigenvalue weighted by Gasteiger charge is -2.66. The third-order valence-corrected chi connectivity index (χ3v) is 12.8. The molecule has 3 aromatic carbocycles. The van der Waals surface area contributed by atoms with Crippen LogP contribution in [0.25, 0.3) is 10.9 Å². The molecule has 4 aliphatic heterocycles. The molecule has 5 aliphatic rings. The fourth-order valence-corrected chi connectivity index (χ4v) is 9.94. The second-order valence-electron chi connectivity index (χ2n) is 16.5. The van der Waals surface area contributed by atoms with E-state index in [4.69, 9.17) is 9.47 Å². The van der Waals surface area contributed by atoms with E-state index in [1.165, 1.54) is 0 Å². The van der Waals surface area contributed by atoms with E-state index in [-0.39, 0.29) is 47.4 Å². The molecular weight excluding hydrogens is 739 g/mol. The molecule has 4 atom stereocenters. The molecule has 1 saturated carbocycles. The number of carbonyl (C=O) groups excluding carboxylic acids is 5. The highest BCUT2D eigenvalue weighted by Gasteiger charge is 2.69. The maximum atomic E-state index is 13.7. The Labute approximate surface area is 335 Å². The van der Waals surface area contributed by atoms with Gasteiger partial charge in [0.1, 0.15) is 29.7 Å². The van der Waals surface area contributed by atoms with Crippen LogP contribution in [0.15, 0.2) is 66.9 Å². The van der Waals surface area contributed by atoms with Crippen LogP contribution in [-0.2, 0) is 15.0 Å². The number of carbonyl (C=O) groups is 5. The van der Waals surface area contributed by atoms with Gasteiger partial charge in [0, 0.05) is 67.4 Å². The zero-order chi connectivity index (χ0) is 40.5. The summed E-state index contributed by atoms with van der Waals surface area (Å²) >= 11 is 0. The number of benzene rings is 3. The van der Waals surface area contributed by atoms with Crippen molar-refractivity contribution in [2.24, 2.45) is 5.41 Å². The maximum Gasteiger partial charge on any atom is 0.262 e. The summed E-state index contributed by atoms with van der Waals surface area (Å²) in [6.07, 6.45) is 2.57. The molecule has 2 N–H and O–H groups in total. The van der Waals surface area contributed by atoms with Crippen LogP contribution in [0.4, 0.5) is 5.69 Å². The van der Waals surface area contributed by atoms with Crippen LogP contribution in [0.2, 0.25) is 0 Å². The van der Waals surface area contributed by atoms with Gasteiger partial charge in [0.25, 0.3) is 17.7 Å². The minimum Gasteiger partial charge on any atom is -0.494 e. The van der Waals surface area contributed by atoms with Gasteiger partial charge in [-0.25, -0.2) is 0 Å². The summed E-state index contributed by atoms with van der Waals surface area (Å²) in [5.41, 5.74) is 3.16. The fourth-order valence-electron chi connectivity index (χ4n) is 9.94. The van der Waals surface area contributed by atoms with E-state index in [1.54, 1.807) is 36.5 Å². The quantitative estimate of drug-likeness (QED) is 0.186. The molecule has 2 saturated heterocycles. The number of imide groups is 2. The summed E-state index contributed by atoms with van der Waals surface area (Å²) in [7, 11) is 0. The van der Waals surface area contributed by atoms with Crippen molar-refractivity contribution in [2.75, 3.05) is 44.2 Å². The van der Waals surface area contributed by atoms with Gasteiger partial charge in [0.15, 0.2) is 0 Å². The standard InChI is InChI=1S/C44H43N7O7/c1-43(2)41(44(3)31-15-16-46-36-26(24-45)7-13-33(35(31)36)58-42(43)44)48-37(53)25-5-9-28(10-6-25)57-22-4-17-49-18-20-50(21-19-49)27-8-11-29-30(23-27)40(56)51(39(29)55)32-12-14-34(52)47-38(32)54/h5-11,13,15-16,23,32,41-42H,4,12,14,17-22H2,1-3H3,(H,48,53)(H,47,52,54)/t32?,41?,42-,44?/m0/s1. The number of nitriles is 1. The van der Waals surface area contributed by atoms with Crippen molar-refractivity contribution >= 4 is 46.1 Å². The lowest BCUT2D eigenvalue weighted by molar-refractivity contribution is -0.136. The van der Waals surface area contributed by atoms with Crippen LogP contribution in [0.3, 0.4) is 0 Å². The summed E-state index contributed by atoms with van der Waals surface area (Å²) in [6.45, 7) is 10.8. The van der Waals surface area contributed by atoms with Crippen molar-refractivity contribution in [2.45, 2.75) is 63.6 Å². The number of fused-ring (bicyclic) bond motifs is 3. The normalized spacial score (nSPS) is 24.6. The first-order chi connectivity index (χ1) is 27.9. The van der Waals surface area contributed by atoms with Crippen molar-refractivity contribution in [3.05, 3.63) is 94.7 Å². The summed E-state index contributed by atoms with van der Waals surface area (Å²) in [5.74, 6) is -0.822. The average molecular weight is 782 g/mol. The van der Waals surface area contributed by atoms with Crippen molar-refractivity contribution in [3.8, 4) is 17.6 Å². The first kappa shape index (κ1) is 37.3. The molecule has 0 spiro atoms. The van der Waals surface area contributed by atoms with E-state index in [1.807, 2.05) is 30.3 Å². The predicted molar refractivity (Wildman–Crippen MR) is 212 cm³/mol. The number of hydrogen-bond acceptors (Lipinski definition) is 11. The summed E-state index contributed by atoms with van der Waals surface area (Å²) in [6, 6.07) is 19.0. The minimum absolute atomic E-state index is 0.0800. The average Bonchev–Trinajstić information content (AvgIpc) is 3.47. The van der Waals surface area contributed by atoms with E-state index >= 15 is 0 Å². The highest BCUT2D eigenvalue weighted by Crippen LogP contribution is 2.61. The molecule has 58 heavy (non-hydrogen) atoms. The number of piperazine rings is 1. The molecule has 1 aliphatic carbocycles. The fraction of sp³-hybridized carbons (Fsp3) is 0.386. The molecular formula is C44H43N7O7. The van der Waals surface area contributed by atoms with E-state index in [0.29, 0.717) is 34.7 Å². The molecule has 14 nitrogen and oxygen atoms in total. The number of ether oxygens (including phenoxy) is 2. The summed E-state index contributed by atoms with van der Waals surface area (Å²) in [4.78, 5) is 74.1. The van der Waals surface area contributed by atoms with Gasteiger partial charge >= 0.3 is 0 Å². The zero-order valence-corrected chi connectivity index (χ0v) is 32.5. The molecule has 0 bridgehead atoms. The minimum atomic E-state index is -0.987. The Morgan fingerprint density at radius 3 is 2.48 bits per heavy atom. The molecule has 3 fully saturated rings. The molecule has 5 amide bonds. The van der Waals surface area contributed by atoms with Crippen molar-refractivity contribution < 1.29 is 33.4 Å². The van der Waals surface area contributed by atoms with Gasteiger partial charge in [-0.05, 0) is 86.0 Å². The number of piperidine rings is 1. The van der Waals surface area contributed by atoms with Crippen LogP contribution in [-0.4, -0.2) is 102 Å². The highest BCUT2D eigenvalue weighted by atomic mass is 16.5. The van der Waals surface area contributed by atoms with Gasteiger partial charge in [-0.3, -0.25) is 44.1 Å². The Balaban J connectivity index is 0.755. The van der Waals surface area contributed by atoms with E-state index in [2.05, 4.69) is 52.3 Å². The lowest BCUT2D eigenvalue weighted by atomic mass is 9.45. The molecule has 296 valence electrons. The van der Waals surface area contributed by atoms with Crippen LogP contribution >= 0.6 is 0 Å². The number of pyridine rings is 1. The molecule has 0 radical (unpaired) electrons. The van der Waals surface area contributed by atoms with Crippen molar-refractivity contribution in [1.82, 2.24) is 25.4 Å². The Morgan fingerprint density at radius 1 is 0.983 bits per heavy atom. The molecule has 1 aromatic heterocycles. The number of nitrogens with one attached hydrogen (secondary N) is 2. The summed E-state index contributed by atoms with van der Waals surface area (Å²) in [5, 5.41) is 16.1. The van der Waals surface area contributed by atoms with Gasteiger partial charge in [-0.2, -0.15) is 5.26 Å². The SMILES string of the molecule is CC1(C)C(NC(=O)c2ccc(OCCCN3CCN(c4ccc5c(c4)C(=O)N(C4CCC(=O)NC4=O)C5=O)CC3)cc2)C2(C)c3ccnc4c(C#N)ccc(c34)O[C@@H]12. The largest absolute Gasteiger partial charge is 0.494 e. The third-order valence-electron chi connectivity index (χ3n) is 12.8. The number of hydrogen-bond donors (Lipinski definition) is 2. The summed E-state index contributed by atoms with van der Waals surface area (Å²) < 4.78 is 12.6. The number of rotatable bonds is 9. The lowest BCUT2D eigenvalue weighted by Crippen LogP contribution is -2.78. The van der Waals surface area contributed by atoms with E-state index < -0.39 is 35.1 Å². The van der Waals surface area contributed by atoms with Gasteiger partial charge in [-0.1, -0.05) is 13.8 Å². The van der Waals surface area contributed by atoms with Crippen LogP contribution in [0, 0.1) is 16.7 Å². The third kappa shape index (κ3) is 5.86. The first-order valence-corrected chi connectivity index (χ1v) is 19.8. The van der Waals surface area contributed by atoms with Gasteiger partial charge in [0.2, 0.25) is 11.8 Å². The predicted octanol–water partition coefficient (Wildman–Crippen LogP) is 3.96. The Bertz CT molecular complexity index is 2450. The molecule has 14 heteroatoms. The molecule has 9 rings (SSSR count). The van der Waals surface area contributed by atoms with Gasteiger partial charge in [0.05, 0.1) is 40.3 Å². The van der Waals surface area contributed by atoms with Gasteiger partial charge < -0.3 is 19.7 Å². The van der Waals surface area contributed by atoms with Gasteiger partial charge in [-0.15, -0.1) is 0 Å². The van der Waals surface area contributed by atoms with E-state index in [9.17, 15) is 29.2 Å². The molecule has 3 unspecified atom stereocenters. The highest BCUT2D eigenvalue weighted by molar-refractivity contribution is 6.23. The number of amides is 5. The number of nitrogens with zero attached hydrogens (tertiary/aromatic N) is 5. The van der Waals surface area contributed by atoms with E-state index in [0.717, 1.165) is 60.7 Å². The maximum absolute atomic E-state index is 13.7. The molecule has 5 heterocycles. The first-order valence-electron chi connectivity index (χ1n) is 19.8. The van der Waals surface area contributed by atoms with Crippen LogP contribution in [0.5, 0.6) is 11.5 Å². The Hall–Kier alpha value is -6.33. The molecule has 4 aromatic rings. The smallest absolute Gasteiger partial charge is 0.262 e. The topological polar surface area (TPSA) is 174 Å². The van der Waals surface area contributed by atoms with Crippen LogP contribution < -0.4 is 25.0 Å². The second kappa shape index (κ2) is 13.9. The Kier molecular flexibility index (Phi) is 8.96. The monoisotopic (exact) mass is 781 g/mol. The Morgan fingerprint density at radius 2 is 1.74 bits per heavy atom. The van der Waals surface area contributed by atoms with Crippen LogP contribution in [0.1, 0.15) is 82.2 Å². The number of aromatic nitrogens is 1.